The van der Waals surface area contributed by atoms with E-state index in [1.54, 1.807) is 12.1 Å². The highest BCUT2D eigenvalue weighted by atomic mass is 19.1. The maximum absolute atomic E-state index is 13.7. The Morgan fingerprint density at radius 2 is 2.04 bits per heavy atom. The fourth-order valence-corrected chi connectivity index (χ4v) is 5.52. The number of fused-ring (bicyclic) bond motifs is 1. The van der Waals surface area contributed by atoms with Crippen LogP contribution in [0.3, 0.4) is 0 Å². The average Bonchev–Trinajstić information content (AvgIpc) is 3.01. The van der Waals surface area contributed by atoms with Gasteiger partial charge in [0, 0.05) is 36.4 Å². The normalized spacial score (nSPS) is 32.4. The zero-order chi connectivity index (χ0) is 19.3. The Balaban J connectivity index is 1.34. The molecule has 2 aliphatic carbocycles. The van der Waals surface area contributed by atoms with Crippen molar-refractivity contribution < 1.29 is 9.13 Å². The van der Waals surface area contributed by atoms with Crippen LogP contribution in [0, 0.1) is 23.6 Å². The van der Waals surface area contributed by atoms with Gasteiger partial charge in [0.05, 0.1) is 11.8 Å². The number of nitrogens with zero attached hydrogens (tertiary/aromatic N) is 2. The second-order valence-electron chi connectivity index (χ2n) is 9.06. The van der Waals surface area contributed by atoms with Crippen molar-refractivity contribution >= 4 is 0 Å². The summed E-state index contributed by atoms with van der Waals surface area (Å²) in [5.41, 5.74) is 3.09. The molecular formula is C23H30FN3O. The van der Waals surface area contributed by atoms with E-state index in [2.05, 4.69) is 29.9 Å². The predicted octanol–water partition coefficient (Wildman–Crippen LogP) is 4.39. The first-order valence-electron chi connectivity index (χ1n) is 10.8. The summed E-state index contributed by atoms with van der Waals surface area (Å²) in [5, 5.41) is 8.37. The summed E-state index contributed by atoms with van der Waals surface area (Å²) in [6.45, 7) is 7.33. The van der Waals surface area contributed by atoms with Crippen molar-refractivity contribution in [2.24, 2.45) is 17.8 Å². The molecule has 28 heavy (non-hydrogen) atoms. The van der Waals surface area contributed by atoms with Crippen LogP contribution < -0.4 is 5.32 Å². The van der Waals surface area contributed by atoms with Crippen LogP contribution in [0.5, 0.6) is 0 Å². The van der Waals surface area contributed by atoms with E-state index in [0.717, 1.165) is 49.2 Å². The molecule has 2 saturated carbocycles. The molecule has 0 radical (unpaired) electrons. The Morgan fingerprint density at radius 3 is 2.79 bits per heavy atom. The van der Waals surface area contributed by atoms with Crippen LogP contribution in [0.1, 0.15) is 50.8 Å². The highest BCUT2D eigenvalue weighted by Gasteiger charge is 2.59. The lowest BCUT2D eigenvalue weighted by atomic mass is 9.93. The molecule has 3 unspecified atom stereocenters. The molecule has 0 spiro atoms. The monoisotopic (exact) mass is 383 g/mol. The zero-order valence-corrected chi connectivity index (χ0v) is 16.8. The molecule has 0 bridgehead atoms. The lowest BCUT2D eigenvalue weighted by Crippen LogP contribution is -2.32. The van der Waals surface area contributed by atoms with Crippen LogP contribution >= 0.6 is 0 Å². The van der Waals surface area contributed by atoms with Crippen molar-refractivity contribution in [3.8, 4) is 11.3 Å². The van der Waals surface area contributed by atoms with Crippen molar-refractivity contribution in [2.45, 2.75) is 51.2 Å². The van der Waals surface area contributed by atoms with Gasteiger partial charge in [0.1, 0.15) is 5.82 Å². The van der Waals surface area contributed by atoms with Gasteiger partial charge < -0.3 is 10.1 Å². The molecule has 5 rings (SSSR count). The third-order valence-electron chi connectivity index (χ3n) is 6.90. The largest absolute Gasteiger partial charge is 0.377 e. The van der Waals surface area contributed by atoms with Gasteiger partial charge >= 0.3 is 0 Å². The van der Waals surface area contributed by atoms with Crippen molar-refractivity contribution in [3.63, 3.8) is 0 Å². The number of ether oxygens (including phenoxy) is 1. The van der Waals surface area contributed by atoms with Gasteiger partial charge in [-0.1, -0.05) is 12.1 Å². The topological polar surface area (TPSA) is 39.1 Å². The molecule has 1 aromatic carbocycles. The molecule has 5 heteroatoms. The molecule has 1 aromatic heterocycles. The van der Waals surface area contributed by atoms with E-state index < -0.39 is 0 Å². The van der Waals surface area contributed by atoms with E-state index in [1.165, 1.54) is 24.6 Å². The molecule has 0 amide bonds. The molecule has 1 aliphatic heterocycles. The number of halogens is 1. The number of hydrogen-bond donors (Lipinski definition) is 1. The van der Waals surface area contributed by atoms with Crippen molar-refractivity contribution in [1.82, 2.24) is 15.1 Å². The van der Waals surface area contributed by atoms with E-state index in [0.29, 0.717) is 24.0 Å². The second kappa shape index (κ2) is 7.27. The summed E-state index contributed by atoms with van der Waals surface area (Å²) >= 11 is 0. The van der Waals surface area contributed by atoms with E-state index in [-0.39, 0.29) is 5.82 Å². The van der Waals surface area contributed by atoms with Crippen LogP contribution in [-0.4, -0.2) is 35.6 Å². The molecule has 150 valence electrons. The Hall–Kier alpha value is -1.72. The van der Waals surface area contributed by atoms with Crippen LogP contribution in [-0.2, 0) is 4.74 Å². The molecule has 4 nitrogen and oxygen atoms in total. The number of hydrogen-bond acceptors (Lipinski definition) is 3. The van der Waals surface area contributed by atoms with Gasteiger partial charge in [0.15, 0.2) is 0 Å². The van der Waals surface area contributed by atoms with Crippen molar-refractivity contribution in [3.05, 3.63) is 41.8 Å². The summed E-state index contributed by atoms with van der Waals surface area (Å²) < 4.78 is 22.0. The molecule has 2 aromatic rings. The molecular weight excluding hydrogens is 353 g/mol. The van der Waals surface area contributed by atoms with Gasteiger partial charge in [-0.3, -0.25) is 4.68 Å². The first-order valence-corrected chi connectivity index (χ1v) is 10.8. The molecule has 3 aliphatic rings. The minimum absolute atomic E-state index is 0.207. The van der Waals surface area contributed by atoms with Crippen LogP contribution in [0.4, 0.5) is 4.39 Å². The predicted molar refractivity (Wildman–Crippen MR) is 108 cm³/mol. The van der Waals surface area contributed by atoms with Gasteiger partial charge in [0.2, 0.25) is 0 Å². The number of benzene rings is 1. The summed E-state index contributed by atoms with van der Waals surface area (Å²) in [5.74, 6) is 2.60. The van der Waals surface area contributed by atoms with Crippen LogP contribution in [0.15, 0.2) is 30.3 Å². The number of aromatic nitrogens is 2. The molecule has 3 fully saturated rings. The second-order valence-corrected chi connectivity index (χ2v) is 9.06. The summed E-state index contributed by atoms with van der Waals surface area (Å²) in [7, 11) is 0. The van der Waals surface area contributed by atoms with Crippen LogP contribution in [0.25, 0.3) is 11.3 Å². The minimum Gasteiger partial charge on any atom is -0.377 e. The SMILES string of the molecule is CC(C)n1nc(-c2cccc(F)c2)cc1C1[C@H]2CC(C3CNCCCO3)C[C@@H]12. The third-order valence-corrected chi connectivity index (χ3v) is 6.90. The Bertz CT molecular complexity index is 828. The van der Waals surface area contributed by atoms with Gasteiger partial charge in [0.25, 0.3) is 0 Å². The highest BCUT2D eigenvalue weighted by molar-refractivity contribution is 5.60. The van der Waals surface area contributed by atoms with Gasteiger partial charge in [-0.25, -0.2) is 4.39 Å². The van der Waals surface area contributed by atoms with Gasteiger partial charge in [-0.05, 0) is 75.6 Å². The van der Waals surface area contributed by atoms with Gasteiger partial charge in [-0.2, -0.15) is 5.10 Å². The van der Waals surface area contributed by atoms with Crippen molar-refractivity contribution in [2.75, 3.05) is 19.7 Å². The Labute approximate surface area is 166 Å². The lowest BCUT2D eigenvalue weighted by Gasteiger charge is -2.24. The summed E-state index contributed by atoms with van der Waals surface area (Å²) in [6, 6.07) is 9.28. The van der Waals surface area contributed by atoms with E-state index in [4.69, 9.17) is 9.84 Å². The van der Waals surface area contributed by atoms with E-state index in [9.17, 15) is 4.39 Å². The molecule has 1 N–H and O–H groups in total. The highest BCUT2D eigenvalue weighted by Crippen LogP contribution is 2.65. The standard InChI is InChI=1S/C23H30FN3O/c1-14(2)27-21(12-20(26-27)15-5-3-6-17(24)9-15)23-18-10-16(11-19(18)23)22-13-25-7-4-8-28-22/h3,5-6,9,12,14,16,18-19,22-23,25H,4,7-8,10-11,13H2,1-2H3/t16?,18-,19+,22?,23?. The fourth-order valence-electron chi connectivity index (χ4n) is 5.52. The molecule has 1 saturated heterocycles. The first-order chi connectivity index (χ1) is 13.6. The Morgan fingerprint density at radius 1 is 1.21 bits per heavy atom. The lowest BCUT2D eigenvalue weighted by molar-refractivity contribution is 0.0222. The maximum atomic E-state index is 13.7. The van der Waals surface area contributed by atoms with E-state index in [1.807, 2.05) is 6.07 Å². The maximum Gasteiger partial charge on any atom is 0.123 e. The van der Waals surface area contributed by atoms with Gasteiger partial charge in [-0.15, -0.1) is 0 Å². The number of nitrogens with one attached hydrogen (secondary N) is 1. The summed E-state index contributed by atoms with van der Waals surface area (Å²) in [6.07, 6.45) is 4.03. The minimum atomic E-state index is -0.207. The molecule has 5 atom stereocenters. The third kappa shape index (κ3) is 3.29. The zero-order valence-electron chi connectivity index (χ0n) is 16.8. The fraction of sp³-hybridized carbons (Fsp3) is 0.609. The first kappa shape index (κ1) is 18.3. The summed E-state index contributed by atoms with van der Waals surface area (Å²) in [4.78, 5) is 0. The number of rotatable bonds is 4. The van der Waals surface area contributed by atoms with Crippen LogP contribution in [0.2, 0.25) is 0 Å². The smallest absolute Gasteiger partial charge is 0.123 e. The van der Waals surface area contributed by atoms with Crippen molar-refractivity contribution in [1.29, 1.82) is 0 Å². The Kier molecular flexibility index (Phi) is 4.76. The average molecular weight is 384 g/mol. The van der Waals surface area contributed by atoms with E-state index >= 15 is 0 Å². The molecule has 2 heterocycles. The quantitative estimate of drug-likeness (QED) is 0.851.